The number of amides is 1. The first-order valence-corrected chi connectivity index (χ1v) is 5.81. The molecule has 0 unspecified atom stereocenters. The second-order valence-corrected chi connectivity index (χ2v) is 4.11. The Bertz CT molecular complexity index is 621. The summed E-state index contributed by atoms with van der Waals surface area (Å²) in [5.74, 6) is 1.80. The van der Waals surface area contributed by atoms with Crippen LogP contribution in [0.2, 0.25) is 0 Å². The van der Waals surface area contributed by atoms with Gasteiger partial charge in [-0.2, -0.15) is 0 Å². The van der Waals surface area contributed by atoms with E-state index in [4.69, 9.17) is 13.9 Å². The first kappa shape index (κ1) is 11.6. The predicted molar refractivity (Wildman–Crippen MR) is 65.0 cm³/mol. The molecule has 0 fully saturated rings. The van der Waals surface area contributed by atoms with Crippen LogP contribution in [0, 0.1) is 6.92 Å². The van der Waals surface area contributed by atoms with Crippen LogP contribution >= 0.6 is 0 Å². The van der Waals surface area contributed by atoms with Crippen LogP contribution < -0.4 is 14.8 Å². The fourth-order valence-electron chi connectivity index (χ4n) is 1.79. The molecule has 1 aromatic heterocycles. The van der Waals surface area contributed by atoms with E-state index in [1.807, 2.05) is 18.2 Å². The molecule has 0 aliphatic carbocycles. The molecule has 0 saturated carbocycles. The summed E-state index contributed by atoms with van der Waals surface area (Å²) in [6.07, 6.45) is 1.41. The molecule has 0 atom stereocenters. The summed E-state index contributed by atoms with van der Waals surface area (Å²) in [7, 11) is 0. The standard InChI is InChI=1S/C13H12N2O4/c1-8-14-6-12(19-8)13(16)15-5-9-2-3-10-11(4-9)18-7-17-10/h2-4,6H,5,7H2,1H3,(H,15,16). The summed E-state index contributed by atoms with van der Waals surface area (Å²) < 4.78 is 15.6. The van der Waals surface area contributed by atoms with E-state index in [-0.39, 0.29) is 18.5 Å². The fourth-order valence-corrected chi connectivity index (χ4v) is 1.79. The number of hydrogen-bond acceptors (Lipinski definition) is 5. The minimum atomic E-state index is -0.293. The van der Waals surface area contributed by atoms with Gasteiger partial charge in [0.25, 0.3) is 5.91 Å². The van der Waals surface area contributed by atoms with Crippen LogP contribution in [0.5, 0.6) is 11.5 Å². The lowest BCUT2D eigenvalue weighted by Crippen LogP contribution is -2.22. The van der Waals surface area contributed by atoms with Crippen molar-refractivity contribution in [3.8, 4) is 11.5 Å². The van der Waals surface area contributed by atoms with Crippen molar-refractivity contribution in [2.45, 2.75) is 13.5 Å². The average molecular weight is 260 g/mol. The lowest BCUT2D eigenvalue weighted by atomic mass is 10.2. The number of benzene rings is 1. The molecule has 1 aliphatic heterocycles. The van der Waals surface area contributed by atoms with Crippen molar-refractivity contribution in [2.24, 2.45) is 0 Å². The molecule has 2 heterocycles. The van der Waals surface area contributed by atoms with Crippen LogP contribution in [0.15, 0.2) is 28.8 Å². The Morgan fingerprint density at radius 1 is 1.37 bits per heavy atom. The number of aryl methyl sites for hydroxylation is 1. The number of fused-ring (bicyclic) bond motifs is 1. The van der Waals surface area contributed by atoms with Crippen molar-refractivity contribution >= 4 is 5.91 Å². The molecule has 6 nitrogen and oxygen atoms in total. The third-order valence-electron chi connectivity index (χ3n) is 2.74. The average Bonchev–Trinajstić information content (AvgIpc) is 3.03. The topological polar surface area (TPSA) is 73.6 Å². The molecule has 1 N–H and O–H groups in total. The number of aromatic nitrogens is 1. The largest absolute Gasteiger partial charge is 0.454 e. The molecule has 1 aliphatic rings. The Hall–Kier alpha value is -2.50. The molecule has 1 aromatic carbocycles. The summed E-state index contributed by atoms with van der Waals surface area (Å²) in [5, 5.41) is 2.75. The van der Waals surface area contributed by atoms with Crippen molar-refractivity contribution in [3.63, 3.8) is 0 Å². The predicted octanol–water partition coefficient (Wildman–Crippen LogP) is 1.64. The third kappa shape index (κ3) is 2.37. The smallest absolute Gasteiger partial charge is 0.288 e. The molecular weight excluding hydrogens is 248 g/mol. The van der Waals surface area contributed by atoms with Gasteiger partial charge in [0.1, 0.15) is 0 Å². The van der Waals surface area contributed by atoms with Crippen LogP contribution in [0.25, 0.3) is 0 Å². The van der Waals surface area contributed by atoms with Crippen LogP contribution in [0.1, 0.15) is 22.0 Å². The van der Waals surface area contributed by atoms with E-state index in [9.17, 15) is 4.79 Å². The van der Waals surface area contributed by atoms with Gasteiger partial charge < -0.3 is 19.2 Å². The van der Waals surface area contributed by atoms with Crippen molar-refractivity contribution in [1.82, 2.24) is 10.3 Å². The van der Waals surface area contributed by atoms with Gasteiger partial charge in [0.15, 0.2) is 17.4 Å². The van der Waals surface area contributed by atoms with Crippen molar-refractivity contribution < 1.29 is 18.7 Å². The SMILES string of the molecule is Cc1ncc(C(=O)NCc2ccc3c(c2)OCO3)o1. The monoisotopic (exact) mass is 260 g/mol. The Morgan fingerprint density at radius 3 is 3.00 bits per heavy atom. The number of carbonyl (C=O) groups excluding carboxylic acids is 1. The lowest BCUT2D eigenvalue weighted by molar-refractivity contribution is 0.0921. The van der Waals surface area contributed by atoms with Gasteiger partial charge in [-0.25, -0.2) is 4.98 Å². The van der Waals surface area contributed by atoms with Gasteiger partial charge in [-0.15, -0.1) is 0 Å². The number of hydrogen-bond donors (Lipinski definition) is 1. The molecule has 2 aromatic rings. The van der Waals surface area contributed by atoms with Crippen LogP contribution in [-0.4, -0.2) is 17.7 Å². The molecular formula is C13H12N2O4. The number of carbonyl (C=O) groups is 1. The zero-order chi connectivity index (χ0) is 13.2. The fraction of sp³-hybridized carbons (Fsp3) is 0.231. The molecule has 0 radical (unpaired) electrons. The molecule has 6 heteroatoms. The van der Waals surface area contributed by atoms with E-state index in [0.29, 0.717) is 18.2 Å². The lowest BCUT2D eigenvalue weighted by Gasteiger charge is -2.04. The van der Waals surface area contributed by atoms with Crippen molar-refractivity contribution in [1.29, 1.82) is 0 Å². The number of nitrogens with one attached hydrogen (secondary N) is 1. The van der Waals surface area contributed by atoms with E-state index >= 15 is 0 Å². The van der Waals surface area contributed by atoms with Crippen LogP contribution in [0.4, 0.5) is 0 Å². The highest BCUT2D eigenvalue weighted by molar-refractivity contribution is 5.91. The molecule has 19 heavy (non-hydrogen) atoms. The van der Waals surface area contributed by atoms with E-state index in [0.717, 1.165) is 11.3 Å². The molecule has 1 amide bonds. The van der Waals surface area contributed by atoms with Gasteiger partial charge in [-0.05, 0) is 17.7 Å². The number of rotatable bonds is 3. The van der Waals surface area contributed by atoms with Crippen LogP contribution in [-0.2, 0) is 6.54 Å². The van der Waals surface area contributed by atoms with E-state index < -0.39 is 0 Å². The van der Waals surface area contributed by atoms with Crippen molar-refractivity contribution in [3.05, 3.63) is 41.6 Å². The van der Waals surface area contributed by atoms with Gasteiger partial charge in [0.2, 0.25) is 12.6 Å². The van der Waals surface area contributed by atoms with Gasteiger partial charge >= 0.3 is 0 Å². The molecule has 0 bridgehead atoms. The normalized spacial score (nSPS) is 12.5. The van der Waals surface area contributed by atoms with Crippen LogP contribution in [0.3, 0.4) is 0 Å². The summed E-state index contributed by atoms with van der Waals surface area (Å²) in [5.41, 5.74) is 0.925. The van der Waals surface area contributed by atoms with E-state index in [2.05, 4.69) is 10.3 Å². The summed E-state index contributed by atoms with van der Waals surface area (Å²) in [6.45, 7) is 2.31. The molecule has 0 spiro atoms. The maximum Gasteiger partial charge on any atom is 0.288 e. The number of oxazole rings is 1. The Morgan fingerprint density at radius 2 is 2.21 bits per heavy atom. The minimum absolute atomic E-state index is 0.207. The minimum Gasteiger partial charge on any atom is -0.454 e. The second-order valence-electron chi connectivity index (χ2n) is 4.11. The summed E-state index contributed by atoms with van der Waals surface area (Å²) in [4.78, 5) is 15.6. The van der Waals surface area contributed by atoms with Crippen molar-refractivity contribution in [2.75, 3.05) is 6.79 Å². The highest BCUT2D eigenvalue weighted by atomic mass is 16.7. The first-order valence-electron chi connectivity index (χ1n) is 5.81. The Balaban J connectivity index is 1.64. The maximum absolute atomic E-state index is 11.8. The third-order valence-corrected chi connectivity index (χ3v) is 2.74. The van der Waals surface area contributed by atoms with Gasteiger partial charge in [-0.3, -0.25) is 4.79 Å². The maximum atomic E-state index is 11.8. The van der Waals surface area contributed by atoms with Gasteiger partial charge in [0.05, 0.1) is 6.20 Å². The van der Waals surface area contributed by atoms with E-state index in [1.54, 1.807) is 6.92 Å². The Labute approximate surface area is 109 Å². The quantitative estimate of drug-likeness (QED) is 0.908. The molecule has 0 saturated heterocycles. The zero-order valence-electron chi connectivity index (χ0n) is 10.3. The summed E-state index contributed by atoms with van der Waals surface area (Å²) in [6, 6.07) is 5.54. The highest BCUT2D eigenvalue weighted by Gasteiger charge is 2.14. The van der Waals surface area contributed by atoms with E-state index in [1.165, 1.54) is 6.20 Å². The zero-order valence-corrected chi connectivity index (χ0v) is 10.3. The first-order chi connectivity index (χ1) is 9.22. The second kappa shape index (κ2) is 4.64. The number of nitrogens with zero attached hydrogens (tertiary/aromatic N) is 1. The number of ether oxygens (including phenoxy) is 2. The Kier molecular flexibility index (Phi) is 2.83. The molecule has 3 rings (SSSR count). The highest BCUT2D eigenvalue weighted by Crippen LogP contribution is 2.32. The van der Waals surface area contributed by atoms with Gasteiger partial charge in [-0.1, -0.05) is 6.07 Å². The van der Waals surface area contributed by atoms with Gasteiger partial charge in [0, 0.05) is 13.5 Å². The summed E-state index contributed by atoms with van der Waals surface area (Å²) >= 11 is 0. The molecule has 98 valence electrons.